The number of rotatable bonds is 4. The standard InChI is InChI=1S/C22H36N6O.C7H8.C6H6S.2H2O/c1-16-13-28(10-9-27(16)14-19-11-23-12-19)22(4)5-7-26(8-6-22)21(29)20-17(2)24-15-25-18(20)3;1-7-5-3-2-4-6-7;7-6-4-2-1-3-5-6;;/h15-16,19,23H,5-14H2,1-4H3;2-6H,1H3;1-5,7H;2*1H2. The van der Waals surface area contributed by atoms with Crippen LogP contribution < -0.4 is 5.32 Å². The molecule has 1 unspecified atom stereocenters. The van der Waals surface area contributed by atoms with E-state index in [0.29, 0.717) is 11.6 Å². The predicted molar refractivity (Wildman–Crippen MR) is 186 cm³/mol. The van der Waals surface area contributed by atoms with Crippen LogP contribution in [0.25, 0.3) is 0 Å². The van der Waals surface area contributed by atoms with Crippen LogP contribution in [0.3, 0.4) is 0 Å². The average Bonchev–Trinajstić information content (AvgIpc) is 2.97. The summed E-state index contributed by atoms with van der Waals surface area (Å²) in [5.41, 5.74) is 3.75. The van der Waals surface area contributed by atoms with Crippen LogP contribution in [0.15, 0.2) is 71.9 Å². The third-order valence-corrected chi connectivity index (χ3v) is 9.45. The highest BCUT2D eigenvalue weighted by Crippen LogP contribution is 2.32. The van der Waals surface area contributed by atoms with Gasteiger partial charge in [0.2, 0.25) is 0 Å². The van der Waals surface area contributed by atoms with Gasteiger partial charge in [0.1, 0.15) is 6.33 Å². The van der Waals surface area contributed by atoms with Gasteiger partial charge in [-0.15, -0.1) is 12.6 Å². The number of nitrogens with one attached hydrogen (secondary N) is 1. The van der Waals surface area contributed by atoms with Crippen LogP contribution in [0.1, 0.15) is 54.0 Å². The Bertz CT molecular complexity index is 1230. The lowest BCUT2D eigenvalue weighted by Crippen LogP contribution is -2.63. The molecule has 45 heavy (non-hydrogen) atoms. The zero-order valence-corrected chi connectivity index (χ0v) is 28.6. The van der Waals surface area contributed by atoms with E-state index in [0.717, 1.165) is 67.8 Å². The lowest BCUT2D eigenvalue weighted by molar-refractivity contribution is -0.0225. The highest BCUT2D eigenvalue weighted by molar-refractivity contribution is 7.80. The molecule has 0 radical (unpaired) electrons. The molecule has 1 atom stereocenters. The van der Waals surface area contributed by atoms with Gasteiger partial charge in [-0.2, -0.15) is 0 Å². The van der Waals surface area contributed by atoms with Gasteiger partial charge < -0.3 is 21.2 Å². The second kappa shape index (κ2) is 18.3. The van der Waals surface area contributed by atoms with Crippen LogP contribution in [0, 0.1) is 26.7 Å². The van der Waals surface area contributed by atoms with E-state index < -0.39 is 0 Å². The SMILES string of the molecule is Cc1ccccc1.Cc1ncnc(C)c1C(=O)N1CCC(C)(N2CCN(CC3CNC3)C(C)C2)CC1.O.O.Sc1ccccc1. The van der Waals surface area contributed by atoms with Crippen molar-refractivity contribution in [2.75, 3.05) is 52.4 Å². The Morgan fingerprint density at radius 3 is 1.87 bits per heavy atom. The molecule has 3 aliphatic rings. The monoisotopic (exact) mass is 638 g/mol. The average molecular weight is 639 g/mol. The van der Waals surface area contributed by atoms with Gasteiger partial charge in [-0.25, -0.2) is 9.97 Å². The van der Waals surface area contributed by atoms with E-state index >= 15 is 0 Å². The number of aryl methyl sites for hydroxylation is 3. The molecule has 5 N–H and O–H groups in total. The zero-order valence-electron chi connectivity index (χ0n) is 27.7. The van der Waals surface area contributed by atoms with Gasteiger partial charge in [-0.3, -0.25) is 14.6 Å². The molecule has 1 aromatic heterocycles. The van der Waals surface area contributed by atoms with Crippen LogP contribution in [0.5, 0.6) is 0 Å². The lowest BCUT2D eigenvalue weighted by atomic mass is 9.86. The van der Waals surface area contributed by atoms with Gasteiger partial charge in [-0.1, -0.05) is 54.1 Å². The Kier molecular flexibility index (Phi) is 15.6. The van der Waals surface area contributed by atoms with Crippen LogP contribution in [-0.4, -0.2) is 105 Å². The van der Waals surface area contributed by atoms with Crippen molar-refractivity contribution < 1.29 is 15.7 Å². The number of thiol groups is 1. The molecular weight excluding hydrogens is 584 g/mol. The first-order valence-corrected chi connectivity index (χ1v) is 16.1. The van der Waals surface area contributed by atoms with Crippen LogP contribution in [0.4, 0.5) is 0 Å². The number of benzene rings is 2. The molecule has 3 aromatic rings. The fourth-order valence-electron chi connectivity index (χ4n) is 6.10. The summed E-state index contributed by atoms with van der Waals surface area (Å²) in [4.78, 5) is 29.9. The second-order valence-electron chi connectivity index (χ2n) is 12.5. The molecule has 0 aliphatic carbocycles. The summed E-state index contributed by atoms with van der Waals surface area (Å²) < 4.78 is 0. The first kappa shape index (κ1) is 38.3. The van der Waals surface area contributed by atoms with Gasteiger partial charge in [0, 0.05) is 68.8 Å². The Balaban J connectivity index is 0.000000363. The number of carbonyl (C=O) groups is 1. The number of aromatic nitrogens is 2. The highest BCUT2D eigenvalue weighted by atomic mass is 32.1. The van der Waals surface area contributed by atoms with Crippen molar-refractivity contribution in [3.05, 3.63) is 89.5 Å². The third kappa shape index (κ3) is 10.9. The maximum absolute atomic E-state index is 13.1. The molecular formula is C35H54N6O3S. The van der Waals surface area contributed by atoms with Gasteiger partial charge in [0.25, 0.3) is 5.91 Å². The summed E-state index contributed by atoms with van der Waals surface area (Å²) in [6.07, 6.45) is 3.60. The van der Waals surface area contributed by atoms with Crippen molar-refractivity contribution in [2.24, 2.45) is 5.92 Å². The summed E-state index contributed by atoms with van der Waals surface area (Å²) in [5.74, 6) is 0.928. The van der Waals surface area contributed by atoms with Crippen LogP contribution in [0.2, 0.25) is 0 Å². The molecule has 3 aliphatic heterocycles. The molecule has 1 amide bonds. The maximum atomic E-state index is 13.1. The van der Waals surface area contributed by atoms with Crippen LogP contribution in [-0.2, 0) is 0 Å². The van der Waals surface area contributed by atoms with E-state index in [1.807, 2.05) is 67.3 Å². The number of likely N-dealkylation sites (tertiary alicyclic amines) is 1. The quantitative estimate of drug-likeness (QED) is 0.420. The molecule has 0 bridgehead atoms. The van der Waals surface area contributed by atoms with Crippen molar-refractivity contribution in [1.29, 1.82) is 0 Å². The Labute approximate surface area is 275 Å². The van der Waals surface area contributed by atoms with E-state index in [2.05, 4.69) is 70.6 Å². The van der Waals surface area contributed by atoms with Crippen LogP contribution >= 0.6 is 12.6 Å². The van der Waals surface area contributed by atoms with Gasteiger partial charge in [-0.05, 0) is 65.5 Å². The first-order valence-electron chi connectivity index (χ1n) is 15.7. The van der Waals surface area contributed by atoms with E-state index in [9.17, 15) is 4.79 Å². The fourth-order valence-corrected chi connectivity index (χ4v) is 6.27. The van der Waals surface area contributed by atoms with Gasteiger partial charge in [0.15, 0.2) is 0 Å². The summed E-state index contributed by atoms with van der Waals surface area (Å²) in [5, 5.41) is 3.39. The number of amides is 1. The Morgan fingerprint density at radius 2 is 1.44 bits per heavy atom. The topological polar surface area (TPSA) is 128 Å². The van der Waals surface area contributed by atoms with Crippen molar-refractivity contribution in [3.63, 3.8) is 0 Å². The third-order valence-electron chi connectivity index (χ3n) is 9.15. The molecule has 0 saturated carbocycles. The normalized spacial score (nSPS) is 19.7. The minimum absolute atomic E-state index is 0. The Morgan fingerprint density at radius 1 is 0.889 bits per heavy atom. The number of piperazine rings is 1. The van der Waals surface area contributed by atoms with E-state index in [-0.39, 0.29) is 22.4 Å². The molecule has 2 aromatic carbocycles. The van der Waals surface area contributed by atoms with Gasteiger partial charge >= 0.3 is 0 Å². The number of hydrogen-bond acceptors (Lipinski definition) is 7. The number of hydrogen-bond donors (Lipinski definition) is 2. The smallest absolute Gasteiger partial charge is 0.257 e. The van der Waals surface area contributed by atoms with E-state index in [4.69, 9.17) is 0 Å². The number of piperidine rings is 1. The molecule has 4 heterocycles. The first-order chi connectivity index (χ1) is 20.7. The fraction of sp³-hybridized carbons (Fsp3) is 0.514. The minimum atomic E-state index is 0. The van der Waals surface area contributed by atoms with E-state index in [1.54, 1.807) is 0 Å². The predicted octanol–water partition coefficient (Wildman–Crippen LogP) is 3.63. The van der Waals surface area contributed by atoms with E-state index in [1.165, 1.54) is 31.5 Å². The largest absolute Gasteiger partial charge is 0.412 e. The number of carbonyl (C=O) groups excluding carboxylic acids is 1. The molecule has 6 rings (SSSR count). The van der Waals surface area contributed by atoms with Crippen molar-refractivity contribution in [1.82, 2.24) is 30.0 Å². The molecule has 9 nitrogen and oxygen atoms in total. The van der Waals surface area contributed by atoms with Crippen molar-refractivity contribution in [2.45, 2.75) is 63.9 Å². The van der Waals surface area contributed by atoms with Gasteiger partial charge in [0.05, 0.1) is 17.0 Å². The minimum Gasteiger partial charge on any atom is -0.412 e. The highest BCUT2D eigenvalue weighted by Gasteiger charge is 2.40. The molecule has 248 valence electrons. The maximum Gasteiger partial charge on any atom is 0.257 e. The molecule has 3 fully saturated rings. The summed E-state index contributed by atoms with van der Waals surface area (Å²) in [6.45, 7) is 19.3. The Hall–Kier alpha value is -2.86. The second-order valence-corrected chi connectivity index (χ2v) is 13.0. The lowest BCUT2D eigenvalue weighted by Gasteiger charge is -2.52. The summed E-state index contributed by atoms with van der Waals surface area (Å²) in [7, 11) is 0. The molecule has 10 heteroatoms. The zero-order chi connectivity index (χ0) is 30.8. The summed E-state index contributed by atoms with van der Waals surface area (Å²) in [6, 6.07) is 20.7. The summed E-state index contributed by atoms with van der Waals surface area (Å²) >= 11 is 4.08. The van der Waals surface area contributed by atoms with Crippen molar-refractivity contribution in [3.8, 4) is 0 Å². The molecule has 0 spiro atoms. The van der Waals surface area contributed by atoms with Crippen molar-refractivity contribution >= 4 is 18.5 Å². The molecule has 3 saturated heterocycles. The number of nitrogens with zero attached hydrogens (tertiary/aromatic N) is 5.